The molecule has 1 rings (SSSR count). The zero-order valence-electron chi connectivity index (χ0n) is 9.39. The molecular weight excluding hydrogens is 265 g/mol. The number of sulfone groups is 1. The van der Waals surface area contributed by atoms with Gasteiger partial charge in [-0.2, -0.15) is 0 Å². The first-order valence-electron chi connectivity index (χ1n) is 4.77. The van der Waals surface area contributed by atoms with Crippen molar-refractivity contribution < 1.29 is 12.8 Å². The molecule has 0 atom stereocenters. The van der Waals surface area contributed by atoms with E-state index in [0.717, 1.165) is 11.8 Å². The van der Waals surface area contributed by atoms with Crippen molar-refractivity contribution >= 4 is 22.2 Å². The molecular formula is C11H15ClFNO2S. The predicted octanol–water partition coefficient (Wildman–Crippen LogP) is 1.87. The van der Waals surface area contributed by atoms with Gasteiger partial charge in [0.05, 0.1) is 4.90 Å². The van der Waals surface area contributed by atoms with Crippen LogP contribution >= 0.6 is 12.4 Å². The van der Waals surface area contributed by atoms with E-state index in [1.807, 2.05) is 0 Å². The fourth-order valence-corrected chi connectivity index (χ4v) is 1.91. The highest BCUT2D eigenvalue weighted by atomic mass is 35.5. The quantitative estimate of drug-likeness (QED) is 0.915. The zero-order chi connectivity index (χ0) is 12.2. The van der Waals surface area contributed by atoms with Crippen molar-refractivity contribution in [2.24, 2.45) is 5.73 Å². The zero-order valence-corrected chi connectivity index (χ0v) is 11.0. The Balaban J connectivity index is 0.00000256. The molecule has 17 heavy (non-hydrogen) atoms. The molecule has 0 spiro atoms. The van der Waals surface area contributed by atoms with E-state index in [1.54, 1.807) is 12.1 Å². The second-order valence-corrected chi connectivity index (χ2v) is 5.49. The molecule has 0 fully saturated rings. The summed E-state index contributed by atoms with van der Waals surface area (Å²) in [6.45, 7) is -0.133. The minimum absolute atomic E-state index is 0. The van der Waals surface area contributed by atoms with Gasteiger partial charge < -0.3 is 5.73 Å². The van der Waals surface area contributed by atoms with E-state index >= 15 is 0 Å². The first kappa shape index (κ1) is 16.1. The minimum atomic E-state index is -3.21. The van der Waals surface area contributed by atoms with E-state index in [1.165, 1.54) is 18.2 Å². The lowest BCUT2D eigenvalue weighted by molar-refractivity contribution is 0.602. The molecule has 96 valence electrons. The van der Waals surface area contributed by atoms with Crippen molar-refractivity contribution in [3.63, 3.8) is 0 Å². The van der Waals surface area contributed by atoms with Gasteiger partial charge in [-0.15, -0.1) is 12.4 Å². The number of rotatable bonds is 4. The number of hydrogen-bond acceptors (Lipinski definition) is 3. The maximum atomic E-state index is 12.8. The number of allylic oxidation sites excluding steroid dienone is 1. The normalized spacial score (nSPS) is 12.1. The molecule has 3 nitrogen and oxygen atoms in total. The van der Waals surface area contributed by atoms with Crippen molar-refractivity contribution in [1.29, 1.82) is 0 Å². The van der Waals surface area contributed by atoms with Crippen LogP contribution < -0.4 is 5.73 Å². The van der Waals surface area contributed by atoms with Crippen LogP contribution in [0.4, 0.5) is 4.39 Å². The molecule has 0 amide bonds. The van der Waals surface area contributed by atoms with E-state index in [2.05, 4.69) is 0 Å². The van der Waals surface area contributed by atoms with Crippen molar-refractivity contribution in [1.82, 2.24) is 0 Å². The van der Waals surface area contributed by atoms with Gasteiger partial charge in [-0.3, -0.25) is 0 Å². The second-order valence-electron chi connectivity index (χ2n) is 3.48. The van der Waals surface area contributed by atoms with Crippen LogP contribution in [-0.4, -0.2) is 21.2 Å². The Hall–Kier alpha value is -0.910. The van der Waals surface area contributed by atoms with E-state index in [4.69, 9.17) is 5.73 Å². The summed E-state index contributed by atoms with van der Waals surface area (Å²) in [5.41, 5.74) is 5.84. The van der Waals surface area contributed by atoms with Crippen LogP contribution in [0.25, 0.3) is 0 Å². The Kier molecular flexibility index (Phi) is 6.37. The van der Waals surface area contributed by atoms with Crippen LogP contribution in [0.5, 0.6) is 0 Å². The molecule has 0 aliphatic carbocycles. The van der Waals surface area contributed by atoms with E-state index < -0.39 is 15.7 Å². The highest BCUT2D eigenvalue weighted by Crippen LogP contribution is 2.12. The second kappa shape index (κ2) is 6.74. The first-order valence-corrected chi connectivity index (χ1v) is 6.66. The molecule has 0 bridgehead atoms. The fraction of sp³-hybridized carbons (Fsp3) is 0.273. The number of hydrogen-bond donors (Lipinski definition) is 1. The van der Waals surface area contributed by atoms with Gasteiger partial charge in [0.25, 0.3) is 0 Å². The van der Waals surface area contributed by atoms with Crippen LogP contribution in [0.15, 0.2) is 41.1 Å². The van der Waals surface area contributed by atoms with Crippen LogP contribution in [0.2, 0.25) is 0 Å². The smallest absolute Gasteiger partial charge is 0.175 e. The summed E-state index contributed by atoms with van der Waals surface area (Å²) in [5.74, 6) is -0.398. The molecule has 0 aromatic heterocycles. The van der Waals surface area contributed by atoms with Gasteiger partial charge in [0.2, 0.25) is 0 Å². The van der Waals surface area contributed by atoms with Crippen molar-refractivity contribution in [3.8, 4) is 0 Å². The summed E-state index contributed by atoms with van der Waals surface area (Å²) >= 11 is 0. The minimum Gasteiger partial charge on any atom is -0.325 e. The largest absolute Gasteiger partial charge is 0.325 e. The first-order chi connectivity index (χ1) is 7.43. The standard InChI is InChI=1S/C11H14FNO2S.ClH/c1-16(14,15)11-4-2-3-9(7-11)5-6-10(12)8-13;/h2-4,6-7H,5,8,13H2,1H3;1H/b10-6-;. The molecule has 1 aromatic carbocycles. The topological polar surface area (TPSA) is 60.2 Å². The molecule has 0 heterocycles. The maximum Gasteiger partial charge on any atom is 0.175 e. The van der Waals surface area contributed by atoms with Crippen molar-refractivity contribution in [2.45, 2.75) is 11.3 Å². The Morgan fingerprint density at radius 2 is 2.12 bits per heavy atom. The Morgan fingerprint density at radius 3 is 2.65 bits per heavy atom. The predicted molar refractivity (Wildman–Crippen MR) is 68.7 cm³/mol. The lowest BCUT2D eigenvalue weighted by Crippen LogP contribution is -2.00. The lowest BCUT2D eigenvalue weighted by atomic mass is 10.1. The van der Waals surface area contributed by atoms with Crippen molar-refractivity contribution in [3.05, 3.63) is 41.7 Å². The summed E-state index contributed by atoms with van der Waals surface area (Å²) in [5, 5.41) is 0. The number of nitrogens with two attached hydrogens (primary N) is 1. The van der Waals surface area contributed by atoms with Crippen molar-refractivity contribution in [2.75, 3.05) is 12.8 Å². The molecule has 0 radical (unpaired) electrons. The third-order valence-corrected chi connectivity index (χ3v) is 3.19. The van der Waals surface area contributed by atoms with Gasteiger partial charge in [0, 0.05) is 12.8 Å². The molecule has 0 aliphatic heterocycles. The van der Waals surface area contributed by atoms with Crippen LogP contribution in [-0.2, 0) is 16.3 Å². The summed E-state index contributed by atoms with van der Waals surface area (Å²) in [4.78, 5) is 0.242. The van der Waals surface area contributed by atoms with E-state index in [9.17, 15) is 12.8 Å². The summed E-state index contributed by atoms with van der Waals surface area (Å²) in [7, 11) is -3.21. The van der Waals surface area contributed by atoms with E-state index in [-0.39, 0.29) is 23.8 Å². The van der Waals surface area contributed by atoms with Gasteiger partial charge in [-0.25, -0.2) is 12.8 Å². The monoisotopic (exact) mass is 279 g/mol. The number of benzene rings is 1. The molecule has 6 heteroatoms. The van der Waals surface area contributed by atoms with Gasteiger partial charge in [0.1, 0.15) is 5.83 Å². The molecule has 2 N–H and O–H groups in total. The van der Waals surface area contributed by atoms with Crippen LogP contribution in [0.1, 0.15) is 5.56 Å². The molecule has 0 unspecified atom stereocenters. The number of halogens is 2. The molecule has 1 aromatic rings. The summed E-state index contributed by atoms with van der Waals surface area (Å²) < 4.78 is 35.3. The Morgan fingerprint density at radius 1 is 1.47 bits per heavy atom. The SMILES string of the molecule is CS(=O)(=O)c1cccc(C/C=C(\F)CN)c1.Cl. The third kappa shape index (κ3) is 5.30. The third-order valence-electron chi connectivity index (χ3n) is 2.08. The highest BCUT2D eigenvalue weighted by Gasteiger charge is 2.06. The maximum absolute atomic E-state index is 12.8. The summed E-state index contributed by atoms with van der Waals surface area (Å²) in [6.07, 6.45) is 2.83. The fourth-order valence-electron chi connectivity index (χ4n) is 1.22. The Bertz CT molecular complexity index is 500. The molecule has 0 saturated carbocycles. The lowest BCUT2D eigenvalue weighted by Gasteiger charge is -2.01. The van der Waals surface area contributed by atoms with Gasteiger partial charge in [0.15, 0.2) is 9.84 Å². The van der Waals surface area contributed by atoms with Crippen LogP contribution in [0, 0.1) is 0 Å². The average Bonchev–Trinajstić information content (AvgIpc) is 2.25. The van der Waals surface area contributed by atoms with Crippen LogP contribution in [0.3, 0.4) is 0 Å². The highest BCUT2D eigenvalue weighted by molar-refractivity contribution is 7.90. The Labute approximate surface area is 107 Å². The summed E-state index contributed by atoms with van der Waals surface area (Å²) in [6, 6.07) is 6.44. The molecule has 0 saturated heterocycles. The van der Waals surface area contributed by atoms with Gasteiger partial charge in [-0.1, -0.05) is 12.1 Å². The van der Waals surface area contributed by atoms with Gasteiger partial charge in [-0.05, 0) is 30.2 Å². The molecule has 0 aliphatic rings. The van der Waals surface area contributed by atoms with E-state index in [0.29, 0.717) is 6.42 Å². The average molecular weight is 280 g/mol. The van der Waals surface area contributed by atoms with Gasteiger partial charge >= 0.3 is 0 Å².